The van der Waals surface area contributed by atoms with Crippen molar-refractivity contribution in [1.82, 2.24) is 0 Å². The summed E-state index contributed by atoms with van der Waals surface area (Å²) in [6.07, 6.45) is 16.0. The van der Waals surface area contributed by atoms with Crippen LogP contribution >= 0.6 is 0 Å². The molecule has 1 fully saturated rings. The van der Waals surface area contributed by atoms with Gasteiger partial charge in [0.05, 0.1) is 6.04 Å². The van der Waals surface area contributed by atoms with Crippen LogP contribution in [0.1, 0.15) is 138 Å². The van der Waals surface area contributed by atoms with E-state index in [-0.39, 0.29) is 6.42 Å². The zero-order valence-electron chi connectivity index (χ0n) is 21.7. The third-order valence-electron chi connectivity index (χ3n) is 3.33. The number of hydrogen-bond acceptors (Lipinski definition) is 4. The minimum Gasteiger partial charge on any atom is -0.550 e. The zero-order valence-corrected chi connectivity index (χ0v) is 21.7. The minimum absolute atomic E-state index is 0.226. The molecule has 0 saturated heterocycles. The lowest BCUT2D eigenvalue weighted by atomic mass is 10.1. The molecule has 1 rings (SSSR count). The predicted octanol–water partition coefficient (Wildman–Crippen LogP) is 4.69. The lowest BCUT2D eigenvalue weighted by Crippen LogP contribution is -2.57. The number of aliphatic carboxylic acids is 2. The molecule has 190 valence electrons. The van der Waals surface area contributed by atoms with Crippen molar-refractivity contribution in [2.24, 2.45) is 5.73 Å². The number of carbonyl (C=O) groups excluding carboxylic acids is 1. The van der Waals surface area contributed by atoms with Crippen LogP contribution in [0.5, 0.6) is 0 Å². The molecule has 0 aliphatic heterocycles. The Labute approximate surface area is 193 Å². The number of nitrogens with two attached hydrogens (primary N) is 1. The van der Waals surface area contributed by atoms with Crippen LogP contribution in [0.2, 0.25) is 0 Å². The summed E-state index contributed by atoms with van der Waals surface area (Å²) >= 11 is 0. The lowest BCUT2D eigenvalue weighted by Gasteiger charge is -2.00. The highest BCUT2D eigenvalue weighted by Gasteiger charge is 1.95. The van der Waals surface area contributed by atoms with Crippen LogP contribution in [0, 0.1) is 0 Å². The van der Waals surface area contributed by atoms with Crippen molar-refractivity contribution < 1.29 is 25.5 Å². The Balaban J connectivity index is -0.000000160. The molecule has 1 aliphatic carbocycles. The van der Waals surface area contributed by atoms with E-state index >= 15 is 0 Å². The molecule has 0 aromatic carbocycles. The van der Waals surface area contributed by atoms with E-state index in [1.54, 1.807) is 0 Å². The molecule has 0 unspecified atom stereocenters. The van der Waals surface area contributed by atoms with Gasteiger partial charge in [-0.3, -0.25) is 4.79 Å². The van der Waals surface area contributed by atoms with Crippen molar-refractivity contribution in [1.29, 1.82) is 0 Å². The molecule has 0 amide bonds. The lowest BCUT2D eigenvalue weighted by molar-refractivity contribution is -0.407. The van der Waals surface area contributed by atoms with Gasteiger partial charge in [-0.15, -0.1) is 0 Å². The van der Waals surface area contributed by atoms with Crippen molar-refractivity contribution in [3.8, 4) is 0 Å². The van der Waals surface area contributed by atoms with E-state index in [2.05, 4.69) is 33.4 Å². The van der Waals surface area contributed by atoms with E-state index in [4.69, 9.17) is 10.8 Å². The molecule has 0 atom stereocenters. The summed E-state index contributed by atoms with van der Waals surface area (Å²) in [5, 5.41) is 18.2. The van der Waals surface area contributed by atoms with Crippen LogP contribution in [0.15, 0.2) is 0 Å². The smallest absolute Gasteiger partial charge is 0.303 e. The second-order valence-corrected chi connectivity index (χ2v) is 8.79. The van der Waals surface area contributed by atoms with Gasteiger partial charge in [0, 0.05) is 12.4 Å². The number of rotatable bonds is 12. The first-order valence-electron chi connectivity index (χ1n) is 12.5. The quantitative estimate of drug-likeness (QED) is 0.373. The van der Waals surface area contributed by atoms with Crippen molar-refractivity contribution in [2.45, 2.75) is 150 Å². The highest BCUT2D eigenvalue weighted by molar-refractivity contribution is 5.66. The third-order valence-corrected chi connectivity index (χ3v) is 3.33. The average molecular weight is 449 g/mol. The van der Waals surface area contributed by atoms with Crippen LogP contribution in [0.25, 0.3) is 0 Å². The van der Waals surface area contributed by atoms with Crippen LogP contribution in [-0.4, -0.2) is 29.1 Å². The maximum Gasteiger partial charge on any atom is 0.303 e. The van der Waals surface area contributed by atoms with Crippen molar-refractivity contribution >= 4 is 11.9 Å². The maximum absolute atomic E-state index is 10.0. The molecule has 0 aromatic heterocycles. The van der Waals surface area contributed by atoms with Crippen molar-refractivity contribution in [3.63, 3.8) is 0 Å². The number of carboxylic acid groups (broad SMARTS) is 2. The fraction of sp³-hybridized carbons (Fsp3) is 0.920. The van der Waals surface area contributed by atoms with E-state index in [9.17, 15) is 14.7 Å². The Hall–Kier alpha value is -1.14. The Bertz CT molecular complexity index is 308. The molecule has 1 saturated carbocycles. The molecule has 0 heterocycles. The monoisotopic (exact) mass is 448 g/mol. The number of carbonyl (C=O) groups is 2. The number of unbranched alkanes of at least 4 members (excludes halogenated alkanes) is 8. The van der Waals surface area contributed by atoms with Gasteiger partial charge in [0.1, 0.15) is 0 Å². The zero-order chi connectivity index (χ0) is 24.9. The van der Waals surface area contributed by atoms with Crippen LogP contribution < -0.4 is 16.6 Å². The van der Waals surface area contributed by atoms with Crippen molar-refractivity contribution in [2.75, 3.05) is 0 Å². The summed E-state index contributed by atoms with van der Waals surface area (Å²) in [6.45, 7) is 12.3. The first-order chi connectivity index (χ1) is 14.5. The summed E-state index contributed by atoms with van der Waals surface area (Å²) in [7, 11) is 0. The predicted molar refractivity (Wildman–Crippen MR) is 131 cm³/mol. The molecule has 1 aliphatic rings. The molecule has 0 spiro atoms. The van der Waals surface area contributed by atoms with Gasteiger partial charge < -0.3 is 26.5 Å². The fourth-order valence-electron chi connectivity index (χ4n) is 1.75. The molecule has 6 nitrogen and oxygen atoms in total. The van der Waals surface area contributed by atoms with Crippen LogP contribution in [-0.2, 0) is 9.59 Å². The fourth-order valence-corrected chi connectivity index (χ4v) is 1.75. The third kappa shape index (κ3) is 108. The van der Waals surface area contributed by atoms with E-state index < -0.39 is 11.9 Å². The Morgan fingerprint density at radius 3 is 1.32 bits per heavy atom. The molecular formula is C25H56N2O4. The van der Waals surface area contributed by atoms with Gasteiger partial charge in [-0.2, -0.15) is 0 Å². The summed E-state index contributed by atoms with van der Waals surface area (Å²) in [5.74, 6) is -1.59. The molecular weight excluding hydrogens is 392 g/mol. The highest BCUT2D eigenvalue weighted by Crippen LogP contribution is 2.14. The van der Waals surface area contributed by atoms with Gasteiger partial charge in [0.15, 0.2) is 0 Å². The van der Waals surface area contributed by atoms with Gasteiger partial charge in [0.2, 0.25) is 0 Å². The van der Waals surface area contributed by atoms with E-state index in [0.29, 0.717) is 18.5 Å². The van der Waals surface area contributed by atoms with Crippen LogP contribution in [0.4, 0.5) is 0 Å². The van der Waals surface area contributed by atoms with E-state index in [1.807, 2.05) is 13.8 Å². The summed E-state index contributed by atoms with van der Waals surface area (Å²) < 4.78 is 0. The normalized spacial score (nSPS) is 10.9. The highest BCUT2D eigenvalue weighted by atomic mass is 16.4. The number of carboxylic acids is 2. The summed E-state index contributed by atoms with van der Waals surface area (Å²) in [4.78, 5) is 20.0. The van der Waals surface area contributed by atoms with E-state index in [0.717, 1.165) is 32.1 Å². The Kier molecular flexibility index (Phi) is 40.2. The van der Waals surface area contributed by atoms with Gasteiger partial charge >= 0.3 is 5.97 Å². The second kappa shape index (κ2) is 33.5. The maximum atomic E-state index is 10.0. The topological polar surface area (TPSA) is 131 Å². The number of hydrogen-bond donors (Lipinski definition) is 3. The standard InChI is InChI=1S/2C8H16O2.2C3H9N.C3H6/c2*1-2-3-4-5-6-7-8(9)10;2*1-3(2)4;1-2-3-1/h2*2-7H2,1H3,(H,9,10);2*3H,4H2,1-2H3;1-3H2. The molecule has 31 heavy (non-hydrogen) atoms. The molecule has 0 bridgehead atoms. The van der Waals surface area contributed by atoms with Gasteiger partial charge in [-0.1, -0.05) is 98.3 Å². The minimum atomic E-state index is -0.920. The molecule has 0 radical (unpaired) electrons. The Morgan fingerprint density at radius 2 is 1.10 bits per heavy atom. The van der Waals surface area contributed by atoms with Crippen molar-refractivity contribution in [3.05, 3.63) is 0 Å². The summed E-state index contributed by atoms with van der Waals surface area (Å²) in [6, 6.07) is 0.917. The summed E-state index contributed by atoms with van der Waals surface area (Å²) in [5.41, 5.74) is 8.75. The SMILES string of the molecule is C1CC1.CC(C)N.CC(C)[NH3+].CCCCCCCC(=O)O.CCCCCCCC(=O)[O-]. The first-order valence-corrected chi connectivity index (χ1v) is 12.5. The first kappa shape index (κ1) is 37.2. The second-order valence-electron chi connectivity index (χ2n) is 8.79. The molecule has 6 N–H and O–H groups in total. The average Bonchev–Trinajstić information content (AvgIpc) is 3.50. The molecule has 6 heteroatoms. The van der Waals surface area contributed by atoms with Gasteiger partial charge in [0.25, 0.3) is 0 Å². The van der Waals surface area contributed by atoms with Gasteiger partial charge in [-0.05, 0) is 39.2 Å². The van der Waals surface area contributed by atoms with E-state index in [1.165, 1.54) is 51.4 Å². The largest absolute Gasteiger partial charge is 0.550 e. The van der Waals surface area contributed by atoms with Crippen LogP contribution in [0.3, 0.4) is 0 Å². The Morgan fingerprint density at radius 1 is 0.806 bits per heavy atom. The number of quaternary nitrogens is 1. The van der Waals surface area contributed by atoms with Gasteiger partial charge in [-0.25, -0.2) is 0 Å². The molecule has 0 aromatic rings.